The molecule has 3 aromatic rings. The Morgan fingerprint density at radius 1 is 1.12 bits per heavy atom. The quantitative estimate of drug-likeness (QED) is 0.800. The van der Waals surface area contributed by atoms with Crippen LogP contribution in [0.5, 0.6) is 0 Å². The normalized spacial score (nSPS) is 11.3. The van der Waals surface area contributed by atoms with Gasteiger partial charge < -0.3 is 5.32 Å². The Bertz CT molecular complexity index is 844. The number of anilines is 1. The van der Waals surface area contributed by atoms with Gasteiger partial charge in [-0.05, 0) is 24.3 Å². The lowest BCUT2D eigenvalue weighted by atomic mass is 10.3. The van der Waals surface area contributed by atoms with Crippen LogP contribution in [0.1, 0.15) is 15.9 Å². The van der Waals surface area contributed by atoms with Crippen molar-refractivity contribution in [2.24, 2.45) is 0 Å². The third-order valence-electron chi connectivity index (χ3n) is 3.06. The first kappa shape index (κ1) is 15.7. The summed E-state index contributed by atoms with van der Waals surface area (Å²) >= 11 is 0. The Hall–Kier alpha value is -3.23. The Morgan fingerprint density at radius 3 is 2.58 bits per heavy atom. The lowest BCUT2D eigenvalue weighted by Crippen LogP contribution is -2.13. The second-order valence-electron chi connectivity index (χ2n) is 4.74. The molecule has 0 bridgehead atoms. The van der Waals surface area contributed by atoms with E-state index < -0.39 is 17.6 Å². The van der Waals surface area contributed by atoms with Crippen LogP contribution < -0.4 is 5.32 Å². The molecule has 0 aromatic carbocycles. The number of hydrogen-bond acceptors (Lipinski definition) is 4. The zero-order chi connectivity index (χ0) is 17.2. The van der Waals surface area contributed by atoms with Crippen molar-refractivity contribution >= 4 is 11.7 Å². The summed E-state index contributed by atoms with van der Waals surface area (Å²) in [7, 11) is 0. The average Bonchev–Trinajstić information content (AvgIpc) is 3.03. The molecule has 3 aromatic heterocycles. The van der Waals surface area contributed by atoms with E-state index in [-0.39, 0.29) is 11.6 Å². The maximum absolute atomic E-state index is 12.5. The fourth-order valence-corrected chi connectivity index (χ4v) is 1.89. The Kier molecular flexibility index (Phi) is 3.98. The average molecular weight is 333 g/mol. The van der Waals surface area contributed by atoms with Gasteiger partial charge in [0.25, 0.3) is 5.91 Å². The molecule has 0 saturated carbocycles. The molecule has 0 spiro atoms. The molecule has 0 radical (unpaired) electrons. The predicted molar refractivity (Wildman–Crippen MR) is 78.6 cm³/mol. The molecule has 3 rings (SSSR count). The molecule has 0 unspecified atom stereocenters. The zero-order valence-electron chi connectivity index (χ0n) is 12.0. The SMILES string of the molecule is O=C(Nc1ccn(-c2ccc(C(F)(F)F)cn2)n1)c1cccnc1. The van der Waals surface area contributed by atoms with Crippen LogP contribution in [0, 0.1) is 0 Å². The molecule has 0 fully saturated rings. The first-order valence-corrected chi connectivity index (χ1v) is 6.74. The molecule has 1 amide bonds. The van der Waals surface area contributed by atoms with E-state index in [9.17, 15) is 18.0 Å². The number of aromatic nitrogens is 4. The number of hydrogen-bond donors (Lipinski definition) is 1. The van der Waals surface area contributed by atoms with E-state index in [2.05, 4.69) is 20.4 Å². The van der Waals surface area contributed by atoms with Gasteiger partial charge in [-0.25, -0.2) is 9.67 Å². The highest BCUT2D eigenvalue weighted by Gasteiger charge is 2.30. The van der Waals surface area contributed by atoms with Crippen LogP contribution in [-0.2, 0) is 6.18 Å². The molecular weight excluding hydrogens is 323 g/mol. The van der Waals surface area contributed by atoms with Crippen LogP contribution in [0.25, 0.3) is 5.82 Å². The van der Waals surface area contributed by atoms with Gasteiger partial charge in [0, 0.05) is 30.9 Å². The molecule has 6 nitrogen and oxygen atoms in total. The number of rotatable bonds is 3. The molecule has 24 heavy (non-hydrogen) atoms. The molecule has 0 aliphatic carbocycles. The monoisotopic (exact) mass is 333 g/mol. The highest BCUT2D eigenvalue weighted by Crippen LogP contribution is 2.28. The third-order valence-corrected chi connectivity index (χ3v) is 3.06. The maximum Gasteiger partial charge on any atom is 0.417 e. The summed E-state index contributed by atoms with van der Waals surface area (Å²) in [6.07, 6.45) is 0.712. The number of alkyl halides is 3. The number of pyridine rings is 2. The lowest BCUT2D eigenvalue weighted by molar-refractivity contribution is -0.137. The molecular formula is C15H10F3N5O. The summed E-state index contributed by atoms with van der Waals surface area (Å²) in [5.41, 5.74) is -0.483. The van der Waals surface area contributed by atoms with Gasteiger partial charge in [-0.15, -0.1) is 5.10 Å². The van der Waals surface area contributed by atoms with E-state index >= 15 is 0 Å². The van der Waals surface area contributed by atoms with Crippen LogP contribution in [0.4, 0.5) is 19.0 Å². The molecule has 0 aliphatic heterocycles. The van der Waals surface area contributed by atoms with E-state index in [1.807, 2.05) is 0 Å². The first-order valence-electron chi connectivity index (χ1n) is 6.74. The number of nitrogens with one attached hydrogen (secondary N) is 1. The summed E-state index contributed by atoms with van der Waals surface area (Å²) in [4.78, 5) is 19.5. The largest absolute Gasteiger partial charge is 0.417 e. The van der Waals surface area contributed by atoms with Crippen molar-refractivity contribution < 1.29 is 18.0 Å². The number of amides is 1. The smallest absolute Gasteiger partial charge is 0.305 e. The second kappa shape index (κ2) is 6.11. The van der Waals surface area contributed by atoms with Gasteiger partial charge in [-0.1, -0.05) is 0 Å². The van der Waals surface area contributed by atoms with E-state index in [1.165, 1.54) is 29.2 Å². The molecule has 0 atom stereocenters. The molecule has 122 valence electrons. The van der Waals surface area contributed by atoms with E-state index in [0.717, 1.165) is 12.3 Å². The minimum Gasteiger partial charge on any atom is -0.305 e. The molecule has 3 heterocycles. The molecule has 1 N–H and O–H groups in total. The first-order chi connectivity index (χ1) is 11.4. The highest BCUT2D eigenvalue weighted by atomic mass is 19.4. The fraction of sp³-hybridized carbons (Fsp3) is 0.0667. The molecule has 0 aliphatic rings. The summed E-state index contributed by atoms with van der Waals surface area (Å²) in [5.74, 6) is 0.0455. The van der Waals surface area contributed by atoms with E-state index in [4.69, 9.17) is 0 Å². The van der Waals surface area contributed by atoms with Crippen molar-refractivity contribution in [1.82, 2.24) is 19.7 Å². The fourth-order valence-electron chi connectivity index (χ4n) is 1.89. The van der Waals surface area contributed by atoms with Crippen molar-refractivity contribution in [3.05, 3.63) is 66.2 Å². The Labute approximate surface area is 134 Å². The van der Waals surface area contributed by atoms with Crippen molar-refractivity contribution in [1.29, 1.82) is 0 Å². The van der Waals surface area contributed by atoms with Crippen LogP contribution in [0.15, 0.2) is 55.1 Å². The van der Waals surface area contributed by atoms with Crippen molar-refractivity contribution in [3.8, 4) is 5.82 Å². The number of nitrogens with zero attached hydrogens (tertiary/aromatic N) is 4. The van der Waals surface area contributed by atoms with Gasteiger partial charge in [-0.3, -0.25) is 9.78 Å². The number of carbonyl (C=O) groups is 1. The summed E-state index contributed by atoms with van der Waals surface area (Å²) in [5, 5.41) is 6.62. The third kappa shape index (κ3) is 3.40. The van der Waals surface area contributed by atoms with Gasteiger partial charge >= 0.3 is 6.18 Å². The predicted octanol–water partition coefficient (Wildman–Crippen LogP) is 2.93. The van der Waals surface area contributed by atoms with Crippen LogP contribution in [0.3, 0.4) is 0 Å². The lowest BCUT2D eigenvalue weighted by Gasteiger charge is -2.06. The van der Waals surface area contributed by atoms with E-state index in [1.54, 1.807) is 18.3 Å². The van der Waals surface area contributed by atoms with Crippen LogP contribution in [0.2, 0.25) is 0 Å². The number of carbonyl (C=O) groups excluding carboxylic acids is 1. The van der Waals surface area contributed by atoms with Gasteiger partial charge in [0.2, 0.25) is 0 Å². The van der Waals surface area contributed by atoms with E-state index in [0.29, 0.717) is 5.56 Å². The van der Waals surface area contributed by atoms with Crippen molar-refractivity contribution in [2.75, 3.05) is 5.32 Å². The van der Waals surface area contributed by atoms with Gasteiger partial charge in [0.1, 0.15) is 0 Å². The molecule has 0 saturated heterocycles. The van der Waals surface area contributed by atoms with Crippen LogP contribution in [-0.4, -0.2) is 25.7 Å². The van der Waals surface area contributed by atoms with Gasteiger partial charge in [0.15, 0.2) is 11.6 Å². The second-order valence-corrected chi connectivity index (χ2v) is 4.74. The Balaban J connectivity index is 1.75. The summed E-state index contributed by atoms with van der Waals surface area (Å²) in [6.45, 7) is 0. The van der Waals surface area contributed by atoms with Gasteiger partial charge in [-0.2, -0.15) is 13.2 Å². The number of halogens is 3. The standard InChI is InChI=1S/C15H10F3N5O/c16-15(17,18)11-3-4-13(20-9-11)23-7-5-12(22-23)21-14(24)10-2-1-6-19-8-10/h1-9H,(H,21,22,24). The summed E-state index contributed by atoms with van der Waals surface area (Å²) in [6, 6.07) is 6.84. The maximum atomic E-state index is 12.5. The summed E-state index contributed by atoms with van der Waals surface area (Å²) < 4.78 is 38.8. The minimum absolute atomic E-state index is 0.199. The minimum atomic E-state index is -4.45. The van der Waals surface area contributed by atoms with Gasteiger partial charge in [0.05, 0.1) is 11.1 Å². The highest BCUT2D eigenvalue weighted by molar-refractivity contribution is 6.03. The van der Waals surface area contributed by atoms with Crippen LogP contribution >= 0.6 is 0 Å². The Morgan fingerprint density at radius 2 is 1.96 bits per heavy atom. The molecule has 9 heteroatoms. The van der Waals surface area contributed by atoms with Crippen molar-refractivity contribution in [2.45, 2.75) is 6.18 Å². The van der Waals surface area contributed by atoms with Crippen molar-refractivity contribution in [3.63, 3.8) is 0 Å². The zero-order valence-corrected chi connectivity index (χ0v) is 12.0. The topological polar surface area (TPSA) is 72.7 Å².